The zero-order valence-electron chi connectivity index (χ0n) is 15.4. The van der Waals surface area contributed by atoms with Gasteiger partial charge in [0.2, 0.25) is 11.8 Å². The molecule has 0 N–H and O–H groups in total. The maximum atomic E-state index is 13.2. The molecule has 2 fully saturated rings. The van der Waals surface area contributed by atoms with Crippen molar-refractivity contribution in [2.45, 2.75) is 40.5 Å². The summed E-state index contributed by atoms with van der Waals surface area (Å²) in [5.74, 6) is -0.572. The summed E-state index contributed by atoms with van der Waals surface area (Å²) in [5.41, 5.74) is 2.94. The Hall–Kier alpha value is -2.50. The van der Waals surface area contributed by atoms with Crippen LogP contribution < -0.4 is 4.90 Å². The van der Waals surface area contributed by atoms with Crippen molar-refractivity contribution >= 4 is 23.2 Å². The van der Waals surface area contributed by atoms with Crippen molar-refractivity contribution in [1.82, 2.24) is 0 Å². The average Bonchev–Trinajstić information content (AvgIpc) is 2.88. The number of rotatable bonds is 2. The monoisotopic (exact) mass is 354 g/mol. The van der Waals surface area contributed by atoms with Crippen LogP contribution in [0.1, 0.15) is 35.1 Å². The summed E-state index contributed by atoms with van der Waals surface area (Å²) in [4.78, 5) is 38.9. The molecule has 0 aromatic heterocycles. The lowest BCUT2D eigenvalue weighted by Gasteiger charge is -2.38. The number of nitro benzene ring substituents is 1. The largest absolute Gasteiger partial charge is 0.275 e. The summed E-state index contributed by atoms with van der Waals surface area (Å²) in [7, 11) is 0. The molecule has 1 saturated heterocycles. The average molecular weight is 354 g/mol. The Morgan fingerprint density at radius 3 is 1.65 bits per heavy atom. The predicted octanol–water partition coefficient (Wildman–Crippen LogP) is 3.53. The number of fused-ring (bicyclic) bond motifs is 1. The minimum absolute atomic E-state index is 0.0713. The Labute approximate surface area is 152 Å². The van der Waals surface area contributed by atoms with Gasteiger partial charge in [-0.3, -0.25) is 19.7 Å². The number of hydrogen-bond donors (Lipinski definition) is 0. The highest BCUT2D eigenvalue weighted by molar-refractivity contribution is 6.23. The number of hydrogen-bond acceptors (Lipinski definition) is 4. The zero-order chi connectivity index (χ0) is 18.9. The van der Waals surface area contributed by atoms with Gasteiger partial charge in [-0.15, -0.1) is 0 Å². The number of carbonyl (C=O) groups is 2. The van der Waals surface area contributed by atoms with Gasteiger partial charge >= 0.3 is 0 Å². The van der Waals surface area contributed by atoms with E-state index >= 15 is 0 Å². The van der Waals surface area contributed by atoms with Crippen LogP contribution in [0.25, 0.3) is 0 Å². The van der Waals surface area contributed by atoms with Gasteiger partial charge in [0.05, 0.1) is 22.4 Å². The first-order chi connectivity index (χ1) is 12.3. The van der Waals surface area contributed by atoms with Crippen LogP contribution in [0.5, 0.6) is 0 Å². The minimum Gasteiger partial charge on any atom is -0.274 e. The number of anilines is 1. The summed E-state index contributed by atoms with van der Waals surface area (Å²) in [6, 6.07) is 0. The smallest absolute Gasteiger partial charge is 0.274 e. The van der Waals surface area contributed by atoms with Crippen LogP contribution in [-0.4, -0.2) is 16.7 Å². The topological polar surface area (TPSA) is 80.5 Å². The molecule has 5 rings (SSSR count). The van der Waals surface area contributed by atoms with Crippen molar-refractivity contribution in [3.8, 4) is 0 Å². The van der Waals surface area contributed by atoms with Crippen molar-refractivity contribution in [1.29, 1.82) is 0 Å². The fourth-order valence-corrected chi connectivity index (χ4v) is 5.18. The van der Waals surface area contributed by atoms with Gasteiger partial charge in [-0.1, -0.05) is 12.2 Å². The number of imide groups is 1. The second kappa shape index (κ2) is 5.50. The van der Waals surface area contributed by atoms with Crippen molar-refractivity contribution < 1.29 is 14.5 Å². The first kappa shape index (κ1) is 16.9. The van der Waals surface area contributed by atoms with Gasteiger partial charge in [0.1, 0.15) is 0 Å². The summed E-state index contributed by atoms with van der Waals surface area (Å²) in [6.07, 6.45) is 6.09. The highest BCUT2D eigenvalue weighted by Crippen LogP contribution is 2.51. The Morgan fingerprint density at radius 2 is 1.31 bits per heavy atom. The second-order valence-electron chi connectivity index (χ2n) is 7.81. The number of amides is 2. The molecule has 0 radical (unpaired) electrons. The molecule has 26 heavy (non-hydrogen) atoms. The zero-order valence-corrected chi connectivity index (χ0v) is 15.4. The van der Waals surface area contributed by atoms with E-state index in [4.69, 9.17) is 0 Å². The van der Waals surface area contributed by atoms with Crippen molar-refractivity contribution in [3.63, 3.8) is 0 Å². The molecule has 2 amide bonds. The molecule has 4 unspecified atom stereocenters. The van der Waals surface area contributed by atoms with Crippen LogP contribution in [0, 0.1) is 61.5 Å². The van der Waals surface area contributed by atoms with E-state index in [1.54, 1.807) is 27.7 Å². The molecule has 6 nitrogen and oxygen atoms in total. The Morgan fingerprint density at radius 1 is 0.885 bits per heavy atom. The molecular formula is C20H22N2O4. The third-order valence-corrected chi connectivity index (χ3v) is 6.71. The lowest BCUT2D eigenvalue weighted by atomic mass is 9.63. The van der Waals surface area contributed by atoms with Gasteiger partial charge < -0.3 is 0 Å². The van der Waals surface area contributed by atoms with Crippen molar-refractivity contribution in [2.24, 2.45) is 23.7 Å². The fourth-order valence-electron chi connectivity index (χ4n) is 5.18. The molecular weight excluding hydrogens is 332 g/mol. The highest BCUT2D eigenvalue weighted by atomic mass is 16.6. The van der Waals surface area contributed by atoms with Gasteiger partial charge in [0.25, 0.3) is 5.69 Å². The number of allylic oxidation sites excluding steroid dienone is 2. The molecule has 3 aliphatic carbocycles. The summed E-state index contributed by atoms with van der Waals surface area (Å²) in [6.45, 7) is 6.90. The summed E-state index contributed by atoms with van der Waals surface area (Å²) >= 11 is 0. The van der Waals surface area contributed by atoms with Crippen molar-refractivity contribution in [2.75, 3.05) is 4.90 Å². The van der Waals surface area contributed by atoms with Crippen LogP contribution in [0.4, 0.5) is 11.4 Å². The Kier molecular flexibility index (Phi) is 3.58. The molecule has 1 heterocycles. The van der Waals surface area contributed by atoms with Crippen LogP contribution in [0.15, 0.2) is 12.2 Å². The van der Waals surface area contributed by atoms with E-state index in [1.807, 2.05) is 0 Å². The third kappa shape index (κ3) is 1.98. The van der Waals surface area contributed by atoms with Crippen LogP contribution in [-0.2, 0) is 9.59 Å². The fraction of sp³-hybridized carbons (Fsp3) is 0.500. The molecule has 1 saturated carbocycles. The Bertz CT molecular complexity index is 841. The van der Waals surface area contributed by atoms with Gasteiger partial charge in [0.15, 0.2) is 0 Å². The van der Waals surface area contributed by atoms with Crippen LogP contribution in [0.3, 0.4) is 0 Å². The van der Waals surface area contributed by atoms with E-state index in [0.717, 1.165) is 12.8 Å². The van der Waals surface area contributed by atoms with Gasteiger partial charge in [0, 0.05) is 11.1 Å². The van der Waals surface area contributed by atoms with Crippen LogP contribution >= 0.6 is 0 Å². The maximum Gasteiger partial charge on any atom is 0.275 e. The molecule has 4 atom stereocenters. The number of carbonyl (C=O) groups excluding carboxylic acids is 2. The molecule has 1 aliphatic heterocycles. The second-order valence-corrected chi connectivity index (χ2v) is 7.81. The number of benzene rings is 1. The van der Waals surface area contributed by atoms with Crippen molar-refractivity contribution in [3.05, 3.63) is 44.5 Å². The standard InChI is InChI=1S/C20H22N2O4/c1-9-11(3)18(22(25)26)12(4)10(2)17(9)21-19(23)15-13-5-6-14(8-7-13)16(15)20(21)24/h5-6,13-16H,7-8H2,1-4H3. The first-order valence-electron chi connectivity index (χ1n) is 9.06. The SMILES string of the molecule is Cc1c(C)c([N+](=O)[O-])c(C)c(C)c1N1C(=O)C2C3C=CC(CC3)C2C1=O. The minimum atomic E-state index is -0.383. The van der Waals surface area contributed by atoms with E-state index in [2.05, 4.69) is 12.2 Å². The Balaban J connectivity index is 1.88. The van der Waals surface area contributed by atoms with Gasteiger partial charge in [-0.25, -0.2) is 4.90 Å². The van der Waals surface area contributed by atoms with Gasteiger partial charge in [-0.2, -0.15) is 0 Å². The lowest BCUT2D eigenvalue weighted by Crippen LogP contribution is -2.38. The highest BCUT2D eigenvalue weighted by Gasteiger charge is 2.57. The molecule has 0 spiro atoms. The molecule has 1 aromatic rings. The molecule has 136 valence electrons. The lowest BCUT2D eigenvalue weighted by molar-refractivity contribution is -0.386. The van der Waals surface area contributed by atoms with Crippen LogP contribution in [0.2, 0.25) is 0 Å². The van der Waals surface area contributed by atoms with Gasteiger partial charge in [-0.05, 0) is 63.5 Å². The molecule has 1 aromatic carbocycles. The number of nitro groups is 1. The molecule has 4 aliphatic rings. The predicted molar refractivity (Wildman–Crippen MR) is 96.9 cm³/mol. The van der Waals surface area contributed by atoms with E-state index in [1.165, 1.54) is 4.90 Å². The van der Waals surface area contributed by atoms with E-state index in [9.17, 15) is 19.7 Å². The summed E-state index contributed by atoms with van der Waals surface area (Å²) in [5, 5.41) is 11.5. The van der Waals surface area contributed by atoms with E-state index in [0.29, 0.717) is 27.9 Å². The maximum absolute atomic E-state index is 13.2. The third-order valence-electron chi connectivity index (χ3n) is 6.71. The van der Waals surface area contributed by atoms with E-state index in [-0.39, 0.29) is 46.1 Å². The normalized spacial score (nSPS) is 29.5. The quantitative estimate of drug-likeness (QED) is 0.352. The molecule has 2 bridgehead atoms. The number of nitrogens with zero attached hydrogens (tertiary/aromatic N) is 2. The summed E-state index contributed by atoms with van der Waals surface area (Å²) < 4.78 is 0. The first-order valence-corrected chi connectivity index (χ1v) is 9.06. The van der Waals surface area contributed by atoms with E-state index < -0.39 is 0 Å². The molecule has 6 heteroatoms.